The minimum absolute atomic E-state index is 0.207. The topological polar surface area (TPSA) is 38.0 Å². The molecule has 4 heteroatoms. The van der Waals surface area contributed by atoms with Crippen LogP contribution in [0.15, 0.2) is 42.5 Å². The number of carbonyl (C=O) groups excluding carboxylic acids is 1. The molecule has 0 saturated carbocycles. The summed E-state index contributed by atoms with van der Waals surface area (Å²) in [4.78, 5) is 15.2. The highest BCUT2D eigenvalue weighted by Gasteiger charge is 2.25. The summed E-state index contributed by atoms with van der Waals surface area (Å²) in [5.74, 6) is 0.207. The fraction of sp³-hybridized carbons (Fsp3) is 0.500. The predicted octanol–water partition coefficient (Wildman–Crippen LogP) is 0.428. The Morgan fingerprint density at radius 1 is 1.04 bits per heavy atom. The lowest BCUT2D eigenvalue weighted by Gasteiger charge is -2.30. The van der Waals surface area contributed by atoms with E-state index >= 15 is 0 Å². The first-order valence-corrected chi connectivity index (χ1v) is 10.1. The third kappa shape index (κ3) is 5.05. The molecule has 0 radical (unpaired) electrons. The second kappa shape index (κ2) is 9.15. The molecule has 0 bridgehead atoms. The number of piperazine rings is 1. The zero-order valence-corrected chi connectivity index (χ0v) is 16.2. The van der Waals surface area contributed by atoms with E-state index < -0.39 is 0 Å². The summed E-state index contributed by atoms with van der Waals surface area (Å²) < 4.78 is 0. The monoisotopic (exact) mass is 355 g/mol. The van der Waals surface area contributed by atoms with Crippen LogP contribution in [0.2, 0.25) is 0 Å². The smallest absolute Gasteiger partial charge is 0.275 e. The van der Waals surface area contributed by atoms with Gasteiger partial charge in [-0.2, -0.15) is 0 Å². The Morgan fingerprint density at radius 3 is 2.50 bits per heavy atom. The van der Waals surface area contributed by atoms with Gasteiger partial charge in [-0.3, -0.25) is 4.79 Å². The molecule has 2 aromatic rings. The molecule has 1 aliphatic rings. The highest BCUT2D eigenvalue weighted by atomic mass is 16.2. The lowest BCUT2D eigenvalue weighted by atomic mass is 10.0. The molecule has 0 spiro atoms. The summed E-state index contributed by atoms with van der Waals surface area (Å²) in [6, 6.07) is 15.6. The van der Waals surface area contributed by atoms with Crippen LogP contribution < -0.4 is 15.1 Å². The first-order valence-electron chi connectivity index (χ1n) is 10.1. The van der Waals surface area contributed by atoms with E-state index in [0.29, 0.717) is 12.6 Å². The molecule has 0 unspecified atom stereocenters. The highest BCUT2D eigenvalue weighted by Crippen LogP contribution is 2.17. The maximum atomic E-state index is 12.2. The Balaban J connectivity index is 1.49. The van der Waals surface area contributed by atoms with Crippen LogP contribution in [-0.2, 0) is 11.3 Å². The Hall–Kier alpha value is -1.91. The fourth-order valence-corrected chi connectivity index (χ4v) is 4.08. The molecule has 1 atom stereocenters. The van der Waals surface area contributed by atoms with Gasteiger partial charge < -0.3 is 15.1 Å². The number of rotatable bonds is 7. The number of amides is 1. The van der Waals surface area contributed by atoms with E-state index in [2.05, 4.69) is 61.6 Å². The van der Waals surface area contributed by atoms with E-state index in [0.717, 1.165) is 45.6 Å². The van der Waals surface area contributed by atoms with Crippen LogP contribution in [0.5, 0.6) is 0 Å². The Morgan fingerprint density at radius 2 is 1.73 bits per heavy atom. The maximum absolute atomic E-state index is 12.2. The summed E-state index contributed by atoms with van der Waals surface area (Å²) in [5.41, 5.74) is 1.44. The van der Waals surface area contributed by atoms with Crippen molar-refractivity contribution in [1.82, 2.24) is 5.32 Å². The minimum Gasteiger partial charge on any atom is -0.349 e. The molecular formula is C22H33N3O+2. The molecule has 3 N–H and O–H groups in total. The van der Waals surface area contributed by atoms with E-state index in [4.69, 9.17) is 0 Å². The van der Waals surface area contributed by atoms with Crippen molar-refractivity contribution in [2.75, 3.05) is 32.7 Å². The van der Waals surface area contributed by atoms with Crippen molar-refractivity contribution in [3.63, 3.8) is 0 Å². The van der Waals surface area contributed by atoms with Crippen LogP contribution in [0.25, 0.3) is 10.8 Å². The molecular weight excluding hydrogens is 322 g/mol. The summed E-state index contributed by atoms with van der Waals surface area (Å²) in [7, 11) is 0. The van der Waals surface area contributed by atoms with Gasteiger partial charge in [0.05, 0.1) is 0 Å². The van der Waals surface area contributed by atoms with E-state index in [1.807, 2.05) is 0 Å². The average Bonchev–Trinajstić information content (AvgIpc) is 2.64. The molecule has 2 aromatic carbocycles. The largest absolute Gasteiger partial charge is 0.349 e. The fourth-order valence-electron chi connectivity index (χ4n) is 4.08. The van der Waals surface area contributed by atoms with Crippen LogP contribution >= 0.6 is 0 Å². The molecule has 1 aliphatic heterocycles. The first kappa shape index (κ1) is 18.9. The van der Waals surface area contributed by atoms with Crippen molar-refractivity contribution in [2.24, 2.45) is 0 Å². The molecule has 1 saturated heterocycles. The maximum Gasteiger partial charge on any atom is 0.275 e. The van der Waals surface area contributed by atoms with E-state index in [9.17, 15) is 4.79 Å². The average molecular weight is 356 g/mol. The van der Waals surface area contributed by atoms with Crippen molar-refractivity contribution in [2.45, 2.75) is 39.3 Å². The van der Waals surface area contributed by atoms with Crippen molar-refractivity contribution < 1.29 is 14.6 Å². The van der Waals surface area contributed by atoms with E-state index in [1.54, 1.807) is 4.90 Å². The zero-order chi connectivity index (χ0) is 18.4. The summed E-state index contributed by atoms with van der Waals surface area (Å²) in [6.45, 7) is 10.4. The number of carbonyl (C=O) groups is 1. The summed E-state index contributed by atoms with van der Waals surface area (Å²) in [6.07, 6.45) is 2.18. The van der Waals surface area contributed by atoms with Gasteiger partial charge in [-0.15, -0.1) is 0 Å². The van der Waals surface area contributed by atoms with Gasteiger partial charge in [-0.25, -0.2) is 0 Å². The standard InChI is InChI=1S/C22H31N3O/c1-3-7-18(2)23-22(26)17-25-14-12-24(13-15-25)16-20-10-6-9-19-8-4-5-11-21(19)20/h4-6,8-11,18H,3,7,12-17H2,1-2H3,(H,23,26)/p+2/t18-/m0/s1. The normalized spacial score (nSPS) is 21.5. The molecule has 0 aliphatic carbocycles. The Bertz CT molecular complexity index is 717. The highest BCUT2D eigenvalue weighted by molar-refractivity contribution is 5.85. The molecule has 1 amide bonds. The third-order valence-corrected chi connectivity index (χ3v) is 5.52. The number of benzene rings is 2. The third-order valence-electron chi connectivity index (χ3n) is 5.52. The van der Waals surface area contributed by atoms with Crippen molar-refractivity contribution in [3.8, 4) is 0 Å². The number of hydrogen-bond donors (Lipinski definition) is 3. The second-order valence-corrected chi connectivity index (χ2v) is 7.75. The van der Waals surface area contributed by atoms with Gasteiger partial charge in [0, 0.05) is 11.6 Å². The Labute approximate surface area is 157 Å². The van der Waals surface area contributed by atoms with Crippen LogP contribution in [0.3, 0.4) is 0 Å². The lowest BCUT2D eigenvalue weighted by Crippen LogP contribution is -3.28. The van der Waals surface area contributed by atoms with Crippen molar-refractivity contribution >= 4 is 16.7 Å². The summed E-state index contributed by atoms with van der Waals surface area (Å²) >= 11 is 0. The van der Waals surface area contributed by atoms with E-state index in [-0.39, 0.29) is 5.91 Å². The second-order valence-electron chi connectivity index (χ2n) is 7.75. The van der Waals surface area contributed by atoms with Crippen molar-refractivity contribution in [3.05, 3.63) is 48.0 Å². The lowest BCUT2D eigenvalue weighted by molar-refractivity contribution is -1.02. The molecule has 140 valence electrons. The zero-order valence-electron chi connectivity index (χ0n) is 16.2. The molecule has 4 nitrogen and oxygen atoms in total. The van der Waals surface area contributed by atoms with E-state index in [1.165, 1.54) is 21.2 Å². The number of fused-ring (bicyclic) bond motifs is 1. The number of hydrogen-bond acceptors (Lipinski definition) is 1. The Kier molecular flexibility index (Phi) is 6.64. The summed E-state index contributed by atoms with van der Waals surface area (Å²) in [5, 5.41) is 5.83. The van der Waals surface area contributed by atoms with Crippen LogP contribution in [0.4, 0.5) is 0 Å². The molecule has 1 heterocycles. The minimum atomic E-state index is 0.207. The van der Waals surface area contributed by atoms with Crippen molar-refractivity contribution in [1.29, 1.82) is 0 Å². The van der Waals surface area contributed by atoms with Gasteiger partial charge >= 0.3 is 0 Å². The van der Waals surface area contributed by atoms with Gasteiger partial charge in [0.2, 0.25) is 0 Å². The number of quaternary nitrogens is 2. The molecule has 3 rings (SSSR count). The van der Waals surface area contributed by atoms with Gasteiger partial charge in [0.25, 0.3) is 5.91 Å². The van der Waals surface area contributed by atoms with Crippen LogP contribution in [0.1, 0.15) is 32.3 Å². The van der Waals surface area contributed by atoms with Gasteiger partial charge in [0.15, 0.2) is 6.54 Å². The van der Waals surface area contributed by atoms with Gasteiger partial charge in [-0.1, -0.05) is 55.8 Å². The number of nitrogens with one attached hydrogen (secondary N) is 3. The molecule has 26 heavy (non-hydrogen) atoms. The first-order chi connectivity index (χ1) is 12.7. The molecule has 0 aromatic heterocycles. The van der Waals surface area contributed by atoms with Gasteiger partial charge in [0.1, 0.15) is 32.7 Å². The SMILES string of the molecule is CCC[C@H](C)NC(=O)C[NH+]1CC[NH+](Cc2cccc3ccccc23)CC1. The predicted molar refractivity (Wildman–Crippen MR) is 106 cm³/mol. The van der Waals surface area contributed by atoms with Crippen LogP contribution in [-0.4, -0.2) is 44.7 Å². The van der Waals surface area contributed by atoms with Gasteiger partial charge in [-0.05, 0) is 24.1 Å². The van der Waals surface area contributed by atoms with Crippen LogP contribution in [0, 0.1) is 0 Å². The molecule has 1 fully saturated rings. The quantitative estimate of drug-likeness (QED) is 0.662.